The molecule has 1 unspecified atom stereocenters. The van der Waals surface area contributed by atoms with Crippen LogP contribution in [0.15, 0.2) is 66.0 Å². The summed E-state index contributed by atoms with van der Waals surface area (Å²) < 4.78 is 19.8. The van der Waals surface area contributed by atoms with Gasteiger partial charge in [-0.1, -0.05) is 17.8 Å². The fraction of sp³-hybridized carbons (Fsp3) is 0.143. The maximum Gasteiger partial charge on any atom is 0.237 e. The van der Waals surface area contributed by atoms with Crippen LogP contribution in [0.4, 0.5) is 10.1 Å². The number of thioether (sulfide) groups is 1. The third kappa shape index (κ3) is 4.75. The summed E-state index contributed by atoms with van der Waals surface area (Å²) in [6.07, 6.45) is 1.71. The first kappa shape index (κ1) is 20.6. The predicted molar refractivity (Wildman–Crippen MR) is 117 cm³/mol. The number of nitrogens with two attached hydrogens (primary N) is 1. The summed E-state index contributed by atoms with van der Waals surface area (Å²) in [5, 5.41) is 11.7. The third-order valence-corrected chi connectivity index (χ3v) is 5.53. The van der Waals surface area contributed by atoms with E-state index in [-0.39, 0.29) is 18.3 Å². The van der Waals surface area contributed by atoms with Crippen molar-refractivity contribution in [2.45, 2.75) is 23.9 Å². The molecule has 0 saturated heterocycles. The topological polar surface area (TPSA) is 108 Å². The number of rotatable bonds is 7. The standard InChI is InChI=1S/C21H19FN6O2S/c1-13(20(29)25-18-6-2-5-17-16(18)4-3-11-24-17)31-21-27-26-19(28(21)23)12-30-15-9-7-14(22)8-10-15/h2-11,13H,12,23H2,1H3,(H,25,29). The van der Waals surface area contributed by atoms with E-state index in [1.54, 1.807) is 13.1 Å². The highest BCUT2D eigenvalue weighted by Gasteiger charge is 2.20. The molecule has 2 aromatic heterocycles. The molecule has 1 atom stereocenters. The molecule has 4 rings (SSSR count). The lowest BCUT2D eigenvalue weighted by Crippen LogP contribution is -2.24. The van der Waals surface area contributed by atoms with Crippen molar-refractivity contribution in [1.29, 1.82) is 0 Å². The number of amides is 1. The molecule has 31 heavy (non-hydrogen) atoms. The third-order valence-electron chi connectivity index (χ3n) is 4.47. The monoisotopic (exact) mass is 438 g/mol. The van der Waals surface area contributed by atoms with Crippen molar-refractivity contribution in [3.05, 3.63) is 72.4 Å². The minimum Gasteiger partial charge on any atom is -0.486 e. The maximum absolute atomic E-state index is 13.0. The Morgan fingerprint density at radius 2 is 2.00 bits per heavy atom. The highest BCUT2D eigenvalue weighted by atomic mass is 32.2. The average molecular weight is 438 g/mol. The van der Waals surface area contributed by atoms with Gasteiger partial charge in [0.15, 0.2) is 5.82 Å². The molecule has 0 bridgehead atoms. The van der Waals surface area contributed by atoms with Crippen LogP contribution in [0.3, 0.4) is 0 Å². The van der Waals surface area contributed by atoms with Crippen LogP contribution in [0, 0.1) is 5.82 Å². The van der Waals surface area contributed by atoms with E-state index in [4.69, 9.17) is 10.6 Å². The number of hydrogen-bond acceptors (Lipinski definition) is 7. The molecule has 0 saturated carbocycles. The lowest BCUT2D eigenvalue weighted by molar-refractivity contribution is -0.115. The zero-order chi connectivity index (χ0) is 21.8. The van der Waals surface area contributed by atoms with Crippen LogP contribution < -0.4 is 15.9 Å². The van der Waals surface area contributed by atoms with Crippen LogP contribution in [-0.2, 0) is 11.4 Å². The normalized spacial score (nSPS) is 11.9. The Morgan fingerprint density at radius 1 is 1.19 bits per heavy atom. The number of carbonyl (C=O) groups is 1. The molecule has 0 aliphatic rings. The van der Waals surface area contributed by atoms with E-state index < -0.39 is 5.25 Å². The zero-order valence-corrected chi connectivity index (χ0v) is 17.3. The first-order chi connectivity index (χ1) is 15.0. The number of nitrogens with one attached hydrogen (secondary N) is 1. The Kier molecular flexibility index (Phi) is 5.99. The van der Waals surface area contributed by atoms with E-state index in [9.17, 15) is 9.18 Å². The summed E-state index contributed by atoms with van der Waals surface area (Å²) in [6, 6.07) is 14.9. The molecule has 0 aliphatic heterocycles. The molecule has 10 heteroatoms. The molecule has 3 N–H and O–H groups in total. The molecular weight excluding hydrogens is 419 g/mol. The Morgan fingerprint density at radius 3 is 2.81 bits per heavy atom. The highest BCUT2D eigenvalue weighted by Crippen LogP contribution is 2.25. The summed E-state index contributed by atoms with van der Waals surface area (Å²) in [7, 11) is 0. The maximum atomic E-state index is 13.0. The second-order valence-corrected chi connectivity index (χ2v) is 7.94. The molecule has 1 amide bonds. The van der Waals surface area contributed by atoms with Gasteiger partial charge in [-0.3, -0.25) is 9.78 Å². The minimum atomic E-state index is -0.482. The summed E-state index contributed by atoms with van der Waals surface area (Å²) in [4.78, 5) is 17.0. The molecule has 0 spiro atoms. The fourth-order valence-corrected chi connectivity index (χ4v) is 3.61. The van der Waals surface area contributed by atoms with Gasteiger partial charge < -0.3 is 15.9 Å². The van der Waals surface area contributed by atoms with Crippen LogP contribution in [-0.4, -0.2) is 31.0 Å². The van der Waals surface area contributed by atoms with Gasteiger partial charge in [-0.2, -0.15) is 0 Å². The van der Waals surface area contributed by atoms with Gasteiger partial charge in [0.25, 0.3) is 0 Å². The van der Waals surface area contributed by atoms with E-state index >= 15 is 0 Å². The molecule has 0 fully saturated rings. The van der Waals surface area contributed by atoms with Gasteiger partial charge in [0.05, 0.1) is 16.5 Å². The minimum absolute atomic E-state index is 0.0548. The van der Waals surface area contributed by atoms with Crippen molar-refractivity contribution in [1.82, 2.24) is 19.9 Å². The first-order valence-corrected chi connectivity index (χ1v) is 10.3. The number of ether oxygens (including phenoxy) is 1. The quantitative estimate of drug-likeness (QED) is 0.336. The average Bonchev–Trinajstić information content (AvgIpc) is 3.12. The van der Waals surface area contributed by atoms with Crippen LogP contribution in [0.5, 0.6) is 5.75 Å². The van der Waals surface area contributed by atoms with Gasteiger partial charge >= 0.3 is 0 Å². The first-order valence-electron chi connectivity index (χ1n) is 9.40. The Hall–Kier alpha value is -3.66. The van der Waals surface area contributed by atoms with Gasteiger partial charge in [-0.05, 0) is 55.5 Å². The molecule has 158 valence electrons. The number of anilines is 1. The van der Waals surface area contributed by atoms with Crippen LogP contribution in [0.2, 0.25) is 0 Å². The smallest absolute Gasteiger partial charge is 0.237 e. The number of nitrogen functional groups attached to an aromatic ring is 1. The summed E-state index contributed by atoms with van der Waals surface area (Å²) in [6.45, 7) is 1.81. The molecule has 2 aromatic carbocycles. The second kappa shape index (κ2) is 9.00. The van der Waals surface area contributed by atoms with Crippen LogP contribution in [0.1, 0.15) is 12.7 Å². The summed E-state index contributed by atoms with van der Waals surface area (Å²) >= 11 is 1.18. The molecule has 0 radical (unpaired) electrons. The molecule has 4 aromatic rings. The number of aromatic nitrogens is 4. The van der Waals surface area contributed by atoms with E-state index in [0.29, 0.717) is 22.4 Å². The van der Waals surface area contributed by atoms with Gasteiger partial charge in [-0.15, -0.1) is 10.2 Å². The van der Waals surface area contributed by atoms with E-state index in [1.165, 1.54) is 40.7 Å². The zero-order valence-electron chi connectivity index (χ0n) is 16.5. The Balaban J connectivity index is 1.39. The van der Waals surface area contributed by atoms with Crippen molar-refractivity contribution in [2.24, 2.45) is 0 Å². The summed E-state index contributed by atoms with van der Waals surface area (Å²) in [5.74, 6) is 6.37. The second-order valence-electron chi connectivity index (χ2n) is 6.64. The van der Waals surface area contributed by atoms with Gasteiger partial charge in [-0.25, -0.2) is 9.07 Å². The molecule has 8 nitrogen and oxygen atoms in total. The van der Waals surface area contributed by atoms with Crippen molar-refractivity contribution < 1.29 is 13.9 Å². The van der Waals surface area contributed by atoms with E-state index in [2.05, 4.69) is 20.5 Å². The number of fused-ring (bicyclic) bond motifs is 1. The van der Waals surface area contributed by atoms with Gasteiger partial charge in [0, 0.05) is 11.6 Å². The number of carbonyl (C=O) groups excluding carboxylic acids is 1. The van der Waals surface area contributed by atoms with Gasteiger partial charge in [0.1, 0.15) is 18.2 Å². The lowest BCUT2D eigenvalue weighted by atomic mass is 10.2. The number of halogens is 1. The van der Waals surface area contributed by atoms with E-state index in [1.807, 2.05) is 30.3 Å². The van der Waals surface area contributed by atoms with Crippen LogP contribution in [0.25, 0.3) is 10.9 Å². The van der Waals surface area contributed by atoms with Crippen molar-refractivity contribution in [3.8, 4) is 5.75 Å². The highest BCUT2D eigenvalue weighted by molar-refractivity contribution is 8.00. The number of benzene rings is 2. The van der Waals surface area contributed by atoms with Crippen molar-refractivity contribution in [2.75, 3.05) is 11.2 Å². The number of pyridine rings is 1. The lowest BCUT2D eigenvalue weighted by Gasteiger charge is -2.13. The molecular formula is C21H19FN6O2S. The molecule has 0 aliphatic carbocycles. The largest absolute Gasteiger partial charge is 0.486 e. The van der Waals surface area contributed by atoms with E-state index in [0.717, 1.165) is 10.9 Å². The predicted octanol–water partition coefficient (Wildman–Crippen LogP) is 3.38. The number of hydrogen-bond donors (Lipinski definition) is 2. The van der Waals surface area contributed by atoms with Crippen LogP contribution >= 0.6 is 11.8 Å². The molecule has 2 heterocycles. The Bertz CT molecular complexity index is 1210. The Labute approximate surface area is 181 Å². The fourth-order valence-electron chi connectivity index (χ4n) is 2.82. The van der Waals surface area contributed by atoms with Crippen molar-refractivity contribution >= 4 is 34.3 Å². The van der Waals surface area contributed by atoms with Gasteiger partial charge in [0.2, 0.25) is 11.1 Å². The van der Waals surface area contributed by atoms with Crippen molar-refractivity contribution in [3.63, 3.8) is 0 Å². The SMILES string of the molecule is CC(Sc1nnc(COc2ccc(F)cc2)n1N)C(=O)Nc1cccc2ncccc12. The summed E-state index contributed by atoms with van der Waals surface area (Å²) in [5.41, 5.74) is 1.48. The number of nitrogens with zero attached hydrogens (tertiary/aromatic N) is 4.